The van der Waals surface area contributed by atoms with Crippen molar-refractivity contribution in [1.29, 1.82) is 0 Å². The van der Waals surface area contributed by atoms with E-state index < -0.39 is 0 Å². The first-order valence-corrected chi connectivity index (χ1v) is 21.5. The summed E-state index contributed by atoms with van der Waals surface area (Å²) in [6.07, 6.45) is 4.28. The molecule has 3 heteroatoms. The van der Waals surface area contributed by atoms with E-state index >= 15 is 0 Å². The Bertz CT molecular complexity index is 3660. The Morgan fingerprint density at radius 2 is 0.889 bits per heavy atom. The van der Waals surface area contributed by atoms with Gasteiger partial charge in [0.05, 0.1) is 11.4 Å². The molecule has 0 amide bonds. The Hall–Kier alpha value is -8.27. The molecule has 0 saturated carbocycles. The van der Waals surface area contributed by atoms with E-state index in [1.807, 2.05) is 18.5 Å². The molecular weight excluding hydrogens is 763 g/mol. The Morgan fingerprint density at radius 1 is 0.317 bits per heavy atom. The third-order valence-electron chi connectivity index (χ3n) is 12.5. The summed E-state index contributed by atoms with van der Waals surface area (Å²) in [5.41, 5.74) is 12.1. The van der Waals surface area contributed by atoms with Crippen molar-refractivity contribution in [2.24, 2.45) is 0 Å². The first kappa shape index (κ1) is 36.6. The average Bonchev–Trinajstić information content (AvgIpc) is 3.35. The molecule has 0 radical (unpaired) electrons. The van der Waals surface area contributed by atoms with Gasteiger partial charge in [0.15, 0.2) is 0 Å². The van der Waals surface area contributed by atoms with Gasteiger partial charge < -0.3 is 0 Å². The van der Waals surface area contributed by atoms with E-state index in [1.165, 1.54) is 76.1 Å². The maximum Gasteiger partial charge on any atom is 0.134 e. The van der Waals surface area contributed by atoms with E-state index in [0.29, 0.717) is 6.42 Å². The predicted molar refractivity (Wildman–Crippen MR) is 264 cm³/mol. The van der Waals surface area contributed by atoms with Crippen LogP contribution in [-0.2, 0) is 6.42 Å². The monoisotopic (exact) mass is 801 g/mol. The van der Waals surface area contributed by atoms with Crippen LogP contribution in [0, 0.1) is 0 Å². The van der Waals surface area contributed by atoms with Crippen molar-refractivity contribution in [3.05, 3.63) is 236 Å². The lowest BCUT2D eigenvalue weighted by molar-refractivity contribution is 0.977. The smallest absolute Gasteiger partial charge is 0.134 e. The lowest BCUT2D eigenvalue weighted by Gasteiger charge is -2.18. The maximum absolute atomic E-state index is 5.41. The Balaban J connectivity index is 1.02. The predicted octanol–water partition coefficient (Wildman–Crippen LogP) is 15.6. The van der Waals surface area contributed by atoms with Gasteiger partial charge in [-0.2, -0.15) is 0 Å². The van der Waals surface area contributed by atoms with E-state index in [9.17, 15) is 0 Å². The molecule has 0 fully saturated rings. The van der Waals surface area contributed by atoms with Gasteiger partial charge in [-0.3, -0.25) is 4.98 Å². The standard InChI is InChI=1S/C60H39N3/c1-2-16-41-35-46(30-29-40(41)15-1)60-53-27-9-7-25-51(53)59(52-26-8-10-28-54(52)60)45-20-11-14-39(32-45)33-58-62-56(44-19-12-18-42(34-44)47-21-13-31-61-38-47)37-57(63-58)55-36-43-17-3-4-22-48(43)49-23-5-6-24-50(49)55/h1-32,34-38H,33H2. The number of rotatable bonds is 7. The van der Waals surface area contributed by atoms with Crippen LogP contribution in [0.15, 0.2) is 225 Å². The largest absolute Gasteiger partial charge is 0.264 e. The summed E-state index contributed by atoms with van der Waals surface area (Å²) in [7, 11) is 0. The highest BCUT2D eigenvalue weighted by molar-refractivity contribution is 6.22. The van der Waals surface area contributed by atoms with E-state index in [1.54, 1.807) is 0 Å². The minimum atomic E-state index is 0.563. The molecular formula is C60H39N3. The summed E-state index contributed by atoms with van der Waals surface area (Å²) in [5.74, 6) is 0.769. The van der Waals surface area contributed by atoms with Crippen molar-refractivity contribution >= 4 is 53.9 Å². The fourth-order valence-corrected chi connectivity index (χ4v) is 9.63. The number of hydrogen-bond acceptors (Lipinski definition) is 3. The molecule has 10 aromatic carbocycles. The van der Waals surface area contributed by atoms with Crippen LogP contribution >= 0.6 is 0 Å². The molecule has 0 spiro atoms. The molecule has 12 aromatic rings. The molecule has 2 aromatic heterocycles. The molecule has 12 rings (SSSR count). The molecule has 0 unspecified atom stereocenters. The number of nitrogens with zero attached hydrogens (tertiary/aromatic N) is 3. The van der Waals surface area contributed by atoms with Crippen molar-refractivity contribution < 1.29 is 0 Å². The molecule has 63 heavy (non-hydrogen) atoms. The van der Waals surface area contributed by atoms with Gasteiger partial charge >= 0.3 is 0 Å². The molecule has 3 nitrogen and oxygen atoms in total. The minimum absolute atomic E-state index is 0.563. The fraction of sp³-hybridized carbons (Fsp3) is 0.0167. The van der Waals surface area contributed by atoms with Crippen LogP contribution < -0.4 is 0 Å². The Labute approximate surface area is 365 Å². The van der Waals surface area contributed by atoms with Gasteiger partial charge in [0.1, 0.15) is 5.82 Å². The van der Waals surface area contributed by atoms with Gasteiger partial charge in [-0.25, -0.2) is 9.97 Å². The highest BCUT2D eigenvalue weighted by atomic mass is 14.9. The SMILES string of the molecule is c1cncc(-c2cccc(-c3cc(-c4cc5ccccc5c5ccccc45)nc(Cc4cccc(-c5c6ccccc6c(-c6ccc7ccccc7c6)c6ccccc56)c4)n3)c2)c1. The fourth-order valence-electron chi connectivity index (χ4n) is 9.63. The topological polar surface area (TPSA) is 38.7 Å². The molecule has 0 bridgehead atoms. The molecule has 0 aliphatic heterocycles. The lowest BCUT2D eigenvalue weighted by atomic mass is 9.85. The van der Waals surface area contributed by atoms with E-state index in [0.717, 1.165) is 45.0 Å². The zero-order valence-electron chi connectivity index (χ0n) is 34.4. The summed E-state index contributed by atoms with van der Waals surface area (Å²) in [6, 6.07) is 76.6. The van der Waals surface area contributed by atoms with E-state index in [-0.39, 0.29) is 0 Å². The summed E-state index contributed by atoms with van der Waals surface area (Å²) in [5, 5.41) is 12.2. The maximum atomic E-state index is 5.41. The number of fused-ring (bicyclic) bond motifs is 6. The van der Waals surface area contributed by atoms with Crippen LogP contribution in [-0.4, -0.2) is 15.0 Å². The van der Waals surface area contributed by atoms with E-state index in [4.69, 9.17) is 9.97 Å². The third-order valence-corrected chi connectivity index (χ3v) is 12.5. The second-order valence-electron chi connectivity index (χ2n) is 16.3. The van der Waals surface area contributed by atoms with Crippen molar-refractivity contribution in [2.75, 3.05) is 0 Å². The third kappa shape index (κ3) is 6.59. The van der Waals surface area contributed by atoms with Crippen LogP contribution in [0.1, 0.15) is 11.4 Å². The van der Waals surface area contributed by atoms with Crippen LogP contribution in [0.25, 0.3) is 110 Å². The summed E-state index contributed by atoms with van der Waals surface area (Å²) >= 11 is 0. The van der Waals surface area contributed by atoms with Crippen molar-refractivity contribution in [3.8, 4) is 55.9 Å². The number of pyridine rings is 1. The van der Waals surface area contributed by atoms with E-state index in [2.05, 4.69) is 211 Å². The summed E-state index contributed by atoms with van der Waals surface area (Å²) < 4.78 is 0. The Morgan fingerprint density at radius 3 is 1.62 bits per heavy atom. The van der Waals surface area contributed by atoms with Crippen molar-refractivity contribution in [2.45, 2.75) is 6.42 Å². The molecule has 294 valence electrons. The zero-order valence-corrected chi connectivity index (χ0v) is 34.4. The molecule has 2 heterocycles. The van der Waals surface area contributed by atoms with Gasteiger partial charge in [0.25, 0.3) is 0 Å². The number of hydrogen-bond donors (Lipinski definition) is 0. The van der Waals surface area contributed by atoms with Crippen LogP contribution in [0.3, 0.4) is 0 Å². The van der Waals surface area contributed by atoms with Gasteiger partial charge in [0.2, 0.25) is 0 Å². The summed E-state index contributed by atoms with van der Waals surface area (Å²) in [6.45, 7) is 0. The van der Waals surface area contributed by atoms with Crippen LogP contribution in [0.2, 0.25) is 0 Å². The summed E-state index contributed by atoms with van der Waals surface area (Å²) in [4.78, 5) is 15.2. The van der Waals surface area contributed by atoms with Gasteiger partial charge in [-0.1, -0.05) is 182 Å². The zero-order chi connectivity index (χ0) is 41.7. The lowest BCUT2D eigenvalue weighted by Crippen LogP contribution is -2.01. The molecule has 0 aliphatic rings. The van der Waals surface area contributed by atoms with Gasteiger partial charge in [0, 0.05) is 35.5 Å². The molecule has 0 atom stereocenters. The number of benzene rings is 10. The van der Waals surface area contributed by atoms with Crippen molar-refractivity contribution in [1.82, 2.24) is 15.0 Å². The minimum Gasteiger partial charge on any atom is -0.264 e. The highest BCUT2D eigenvalue weighted by Crippen LogP contribution is 2.44. The normalized spacial score (nSPS) is 11.6. The van der Waals surface area contributed by atoms with Gasteiger partial charge in [-0.15, -0.1) is 0 Å². The average molecular weight is 802 g/mol. The van der Waals surface area contributed by atoms with Crippen LogP contribution in [0.4, 0.5) is 0 Å². The first-order chi connectivity index (χ1) is 31.2. The highest BCUT2D eigenvalue weighted by Gasteiger charge is 2.19. The quantitative estimate of drug-likeness (QED) is 0.119. The number of aromatic nitrogens is 3. The molecule has 0 saturated heterocycles. The molecule has 0 aliphatic carbocycles. The second-order valence-corrected chi connectivity index (χ2v) is 16.3. The van der Waals surface area contributed by atoms with Gasteiger partial charge in [-0.05, 0) is 118 Å². The molecule has 0 N–H and O–H groups in total. The Kier molecular flexibility index (Phi) is 8.90. The first-order valence-electron chi connectivity index (χ1n) is 21.5. The second kappa shape index (κ2) is 15.3. The van der Waals surface area contributed by atoms with Crippen molar-refractivity contribution in [3.63, 3.8) is 0 Å². The van der Waals surface area contributed by atoms with Crippen LogP contribution in [0.5, 0.6) is 0 Å².